The molecule has 6 nitrogen and oxygen atoms in total. The van der Waals surface area contributed by atoms with Crippen molar-refractivity contribution >= 4 is 17.6 Å². The van der Waals surface area contributed by atoms with E-state index in [1.165, 1.54) is 25.3 Å². The average Bonchev–Trinajstić information content (AvgIpc) is 3.40. The van der Waals surface area contributed by atoms with Crippen LogP contribution in [0, 0.1) is 12.7 Å². The number of aryl methyl sites for hydroxylation is 1. The largest absolute Gasteiger partial charge is 0.497 e. The van der Waals surface area contributed by atoms with Crippen LogP contribution in [-0.2, 0) is 9.53 Å². The molecule has 0 saturated carbocycles. The van der Waals surface area contributed by atoms with E-state index in [0.29, 0.717) is 28.3 Å². The van der Waals surface area contributed by atoms with Crippen LogP contribution in [0.5, 0.6) is 5.75 Å². The second-order valence-electron chi connectivity index (χ2n) is 8.38. The van der Waals surface area contributed by atoms with E-state index in [1.54, 1.807) is 13.3 Å². The predicted molar refractivity (Wildman–Crippen MR) is 131 cm³/mol. The van der Waals surface area contributed by atoms with Crippen LogP contribution in [0.15, 0.2) is 72.9 Å². The van der Waals surface area contributed by atoms with Crippen LogP contribution in [0.3, 0.4) is 0 Å². The molecule has 1 aromatic heterocycles. The molecule has 0 bridgehead atoms. The van der Waals surface area contributed by atoms with Crippen molar-refractivity contribution in [1.29, 1.82) is 0 Å². The maximum atomic E-state index is 14.3. The Morgan fingerprint density at radius 1 is 1.00 bits per heavy atom. The second kappa shape index (κ2) is 8.76. The molecule has 0 fully saturated rings. The third-order valence-corrected chi connectivity index (χ3v) is 6.26. The maximum absolute atomic E-state index is 14.3. The molecule has 35 heavy (non-hydrogen) atoms. The van der Waals surface area contributed by atoms with Gasteiger partial charge in [0.25, 0.3) is 0 Å². The fourth-order valence-electron chi connectivity index (χ4n) is 4.56. The van der Waals surface area contributed by atoms with Crippen LogP contribution in [0.4, 0.5) is 10.1 Å². The molecule has 1 aliphatic heterocycles. The number of aromatic nitrogens is 1. The fraction of sp³-hybridized carbons (Fsp3) is 0.143. The molecular weight excluding hydrogens is 447 g/mol. The molecule has 1 aliphatic rings. The van der Waals surface area contributed by atoms with Crippen LogP contribution >= 0.6 is 0 Å². The standard InChI is InChI=1S/C28H23FN2O4/c1-16-4-6-17(7-5-16)26-24(25-21-14-18(29)8-13-23(21)30-27(25)32)22(28(33)35-3)15-31(26)19-9-11-20(34-2)12-10-19/h4-15,25H,1-3H3,(H,30,32)/t25-/m0/s1. The molecule has 5 rings (SSSR count). The van der Waals surface area contributed by atoms with Gasteiger partial charge in [-0.25, -0.2) is 9.18 Å². The van der Waals surface area contributed by atoms with E-state index in [4.69, 9.17) is 9.47 Å². The minimum Gasteiger partial charge on any atom is -0.497 e. The van der Waals surface area contributed by atoms with Gasteiger partial charge in [0.05, 0.1) is 31.4 Å². The van der Waals surface area contributed by atoms with Gasteiger partial charge in [-0.3, -0.25) is 4.79 Å². The smallest absolute Gasteiger partial charge is 0.339 e. The zero-order chi connectivity index (χ0) is 24.7. The Morgan fingerprint density at radius 3 is 2.37 bits per heavy atom. The highest BCUT2D eigenvalue weighted by Crippen LogP contribution is 2.45. The maximum Gasteiger partial charge on any atom is 0.339 e. The molecule has 0 radical (unpaired) electrons. The number of nitrogens with zero attached hydrogens (tertiary/aromatic N) is 1. The van der Waals surface area contributed by atoms with Gasteiger partial charge in [0.2, 0.25) is 5.91 Å². The molecule has 1 atom stereocenters. The van der Waals surface area contributed by atoms with Gasteiger partial charge in [0, 0.05) is 23.1 Å². The van der Waals surface area contributed by atoms with E-state index >= 15 is 0 Å². The van der Waals surface area contributed by atoms with E-state index < -0.39 is 17.7 Å². The van der Waals surface area contributed by atoms with Gasteiger partial charge in [0.15, 0.2) is 0 Å². The summed E-state index contributed by atoms with van der Waals surface area (Å²) in [5, 5.41) is 2.83. The van der Waals surface area contributed by atoms with Crippen LogP contribution in [0.1, 0.15) is 33.0 Å². The van der Waals surface area contributed by atoms with E-state index in [0.717, 1.165) is 16.8 Å². The molecule has 0 aliphatic carbocycles. The minimum absolute atomic E-state index is 0.233. The summed E-state index contributed by atoms with van der Waals surface area (Å²) >= 11 is 0. The quantitative estimate of drug-likeness (QED) is 0.393. The zero-order valence-corrected chi connectivity index (χ0v) is 19.5. The van der Waals surface area contributed by atoms with Crippen molar-refractivity contribution < 1.29 is 23.5 Å². The summed E-state index contributed by atoms with van der Waals surface area (Å²) in [6.45, 7) is 1.98. The van der Waals surface area contributed by atoms with Crippen molar-refractivity contribution in [3.8, 4) is 22.7 Å². The Balaban J connectivity index is 1.84. The van der Waals surface area contributed by atoms with Gasteiger partial charge in [-0.2, -0.15) is 0 Å². The Bertz CT molecular complexity index is 1440. The van der Waals surface area contributed by atoms with Crippen molar-refractivity contribution in [3.05, 3.63) is 101 Å². The van der Waals surface area contributed by atoms with Gasteiger partial charge in [0.1, 0.15) is 11.6 Å². The van der Waals surface area contributed by atoms with Crippen molar-refractivity contribution in [2.24, 2.45) is 0 Å². The molecular formula is C28H23FN2O4. The summed E-state index contributed by atoms with van der Waals surface area (Å²) < 4.78 is 26.5. The number of hydrogen-bond donors (Lipinski definition) is 1. The number of fused-ring (bicyclic) bond motifs is 1. The van der Waals surface area contributed by atoms with E-state index in [-0.39, 0.29) is 11.5 Å². The number of nitrogens with one attached hydrogen (secondary N) is 1. The number of ether oxygens (including phenoxy) is 2. The minimum atomic E-state index is -0.898. The van der Waals surface area contributed by atoms with Gasteiger partial charge < -0.3 is 19.4 Å². The highest BCUT2D eigenvalue weighted by Gasteiger charge is 2.39. The van der Waals surface area contributed by atoms with E-state index in [2.05, 4.69) is 5.32 Å². The summed E-state index contributed by atoms with van der Waals surface area (Å²) in [4.78, 5) is 26.3. The normalized spacial score (nSPS) is 14.4. The van der Waals surface area contributed by atoms with Gasteiger partial charge in [-0.1, -0.05) is 29.8 Å². The number of methoxy groups -OCH3 is 2. The number of esters is 1. The Hall–Kier alpha value is -4.39. The Labute approximate surface area is 201 Å². The topological polar surface area (TPSA) is 69.6 Å². The SMILES string of the molecule is COC(=O)c1cn(-c2ccc(OC)cc2)c(-c2ccc(C)cc2)c1[C@H]1C(=O)Nc2ccc(F)cc21. The van der Waals surface area contributed by atoms with Crippen LogP contribution in [0.2, 0.25) is 0 Å². The van der Waals surface area contributed by atoms with Crippen LogP contribution < -0.4 is 10.1 Å². The molecule has 4 aromatic rings. The van der Waals surface area contributed by atoms with Crippen LogP contribution in [0.25, 0.3) is 16.9 Å². The molecule has 2 heterocycles. The summed E-state index contributed by atoms with van der Waals surface area (Å²) in [7, 11) is 2.88. The molecule has 176 valence electrons. The lowest BCUT2D eigenvalue weighted by atomic mass is 9.87. The van der Waals surface area contributed by atoms with Gasteiger partial charge in [-0.15, -0.1) is 0 Å². The van der Waals surface area contributed by atoms with Crippen molar-refractivity contribution in [2.45, 2.75) is 12.8 Å². The third-order valence-electron chi connectivity index (χ3n) is 6.26. The lowest BCUT2D eigenvalue weighted by molar-refractivity contribution is -0.116. The molecule has 1 amide bonds. The second-order valence-corrected chi connectivity index (χ2v) is 8.38. The number of carbonyl (C=O) groups excluding carboxylic acids is 2. The number of carbonyl (C=O) groups is 2. The summed E-state index contributed by atoms with van der Waals surface area (Å²) in [6, 6.07) is 19.3. The third kappa shape index (κ3) is 3.85. The van der Waals surface area contributed by atoms with Crippen molar-refractivity contribution in [1.82, 2.24) is 4.57 Å². The zero-order valence-electron chi connectivity index (χ0n) is 19.5. The first-order valence-corrected chi connectivity index (χ1v) is 11.1. The van der Waals surface area contributed by atoms with Crippen molar-refractivity contribution in [3.63, 3.8) is 0 Å². The first kappa shape index (κ1) is 22.4. The Morgan fingerprint density at radius 2 is 1.71 bits per heavy atom. The van der Waals surface area contributed by atoms with Crippen molar-refractivity contribution in [2.75, 3.05) is 19.5 Å². The molecule has 0 spiro atoms. The number of benzene rings is 3. The molecule has 3 aromatic carbocycles. The number of rotatable bonds is 5. The number of hydrogen-bond acceptors (Lipinski definition) is 4. The number of anilines is 1. The number of amides is 1. The molecule has 7 heteroatoms. The number of halogens is 1. The Kier molecular flexibility index (Phi) is 5.61. The first-order valence-electron chi connectivity index (χ1n) is 11.1. The molecule has 0 saturated heterocycles. The van der Waals surface area contributed by atoms with Gasteiger partial charge in [-0.05, 0) is 60.5 Å². The monoisotopic (exact) mass is 470 g/mol. The predicted octanol–water partition coefficient (Wildman–Crippen LogP) is 5.47. The first-order chi connectivity index (χ1) is 16.9. The summed E-state index contributed by atoms with van der Waals surface area (Å²) in [5.41, 5.74) is 4.95. The van der Waals surface area contributed by atoms with E-state index in [1.807, 2.05) is 60.0 Å². The molecule has 0 unspecified atom stereocenters. The van der Waals surface area contributed by atoms with E-state index in [9.17, 15) is 14.0 Å². The highest BCUT2D eigenvalue weighted by molar-refractivity contribution is 6.08. The average molecular weight is 471 g/mol. The molecule has 1 N–H and O–H groups in total. The lowest BCUT2D eigenvalue weighted by Gasteiger charge is -2.16. The summed E-state index contributed by atoms with van der Waals surface area (Å²) in [5.74, 6) is -1.59. The van der Waals surface area contributed by atoms with Crippen LogP contribution in [-0.4, -0.2) is 30.7 Å². The lowest BCUT2D eigenvalue weighted by Crippen LogP contribution is -2.17. The highest BCUT2D eigenvalue weighted by atomic mass is 19.1. The fourth-order valence-corrected chi connectivity index (χ4v) is 4.56. The van der Waals surface area contributed by atoms with Gasteiger partial charge >= 0.3 is 5.97 Å². The summed E-state index contributed by atoms with van der Waals surface area (Å²) in [6.07, 6.45) is 1.67.